The molecule has 122 valence electrons. The lowest BCUT2D eigenvalue weighted by Crippen LogP contribution is -2.35. The van der Waals surface area contributed by atoms with Gasteiger partial charge in [-0.15, -0.1) is 0 Å². The lowest BCUT2D eigenvalue weighted by Gasteiger charge is -2.26. The molecule has 1 amide bonds. The molecule has 0 spiro atoms. The van der Waals surface area contributed by atoms with Crippen molar-refractivity contribution in [1.82, 2.24) is 10.2 Å². The quantitative estimate of drug-likeness (QED) is 0.899. The Hall–Kier alpha value is -1.84. The number of amides is 1. The Kier molecular flexibility index (Phi) is 5.80. The van der Waals surface area contributed by atoms with E-state index in [-0.39, 0.29) is 11.9 Å². The first-order chi connectivity index (χ1) is 10.9. The summed E-state index contributed by atoms with van der Waals surface area (Å²) in [4.78, 5) is 14.6. The second-order valence-corrected chi connectivity index (χ2v) is 6.44. The Morgan fingerprint density at radius 2 is 1.87 bits per heavy atom. The molecule has 2 rings (SSSR count). The fourth-order valence-electron chi connectivity index (χ4n) is 2.58. The molecule has 4 heteroatoms. The predicted molar refractivity (Wildman–Crippen MR) is 96.1 cm³/mol. The summed E-state index contributed by atoms with van der Waals surface area (Å²) in [5.41, 5.74) is 3.80. The highest BCUT2D eigenvalue weighted by Crippen LogP contribution is 2.25. The molecule has 0 saturated carbocycles. The highest BCUT2D eigenvalue weighted by Gasteiger charge is 2.18. The van der Waals surface area contributed by atoms with Gasteiger partial charge in [-0.3, -0.25) is 4.79 Å². The van der Waals surface area contributed by atoms with E-state index in [1.54, 1.807) is 0 Å². The number of halogens is 1. The van der Waals surface area contributed by atoms with Crippen molar-refractivity contribution in [3.05, 3.63) is 69.7 Å². The van der Waals surface area contributed by atoms with E-state index in [0.29, 0.717) is 11.6 Å². The first-order valence-corrected chi connectivity index (χ1v) is 8.04. The first-order valence-electron chi connectivity index (χ1n) is 7.66. The third-order valence-electron chi connectivity index (χ3n) is 3.98. The highest BCUT2D eigenvalue weighted by atomic mass is 35.5. The molecule has 0 fully saturated rings. The normalized spacial score (nSPS) is 12.3. The van der Waals surface area contributed by atoms with Gasteiger partial charge < -0.3 is 10.2 Å². The molecule has 0 bridgehead atoms. The van der Waals surface area contributed by atoms with E-state index in [0.717, 1.165) is 22.3 Å². The third-order valence-corrected chi connectivity index (χ3v) is 4.33. The number of nitrogens with one attached hydrogen (secondary N) is 1. The van der Waals surface area contributed by atoms with Crippen molar-refractivity contribution >= 4 is 17.5 Å². The fraction of sp³-hybridized carbons (Fsp3) is 0.316. The van der Waals surface area contributed by atoms with Crippen LogP contribution < -0.4 is 5.32 Å². The zero-order chi connectivity index (χ0) is 17.0. The number of likely N-dealkylation sites (N-methyl/N-ethyl adjacent to an activating group) is 1. The second kappa shape index (κ2) is 7.62. The van der Waals surface area contributed by atoms with Gasteiger partial charge in [0.25, 0.3) is 5.91 Å². The number of carbonyl (C=O) groups excluding carboxylic acids is 1. The summed E-state index contributed by atoms with van der Waals surface area (Å²) in [6.45, 7) is 4.44. The number of benzene rings is 2. The monoisotopic (exact) mass is 330 g/mol. The molecule has 1 unspecified atom stereocenters. The van der Waals surface area contributed by atoms with E-state index in [1.165, 1.54) is 0 Å². The van der Waals surface area contributed by atoms with Gasteiger partial charge >= 0.3 is 0 Å². The van der Waals surface area contributed by atoms with E-state index >= 15 is 0 Å². The van der Waals surface area contributed by atoms with E-state index in [9.17, 15) is 4.79 Å². The minimum atomic E-state index is -0.0508. The van der Waals surface area contributed by atoms with Crippen LogP contribution in [0.4, 0.5) is 0 Å². The Labute approximate surface area is 143 Å². The standard InChI is InChI=1S/C19H23ClN2O/c1-13-9-10-14(2)16(11-13)19(23)21-12-18(22(3)4)15-7-5-6-8-17(15)20/h5-11,18H,12H2,1-4H3,(H,21,23). The van der Waals surface area contributed by atoms with Crippen molar-refractivity contribution in [2.75, 3.05) is 20.6 Å². The van der Waals surface area contributed by atoms with Crippen LogP contribution in [0.15, 0.2) is 42.5 Å². The molecule has 3 nitrogen and oxygen atoms in total. The van der Waals surface area contributed by atoms with Gasteiger partial charge in [-0.1, -0.05) is 47.5 Å². The first kappa shape index (κ1) is 17.5. The number of rotatable bonds is 5. The summed E-state index contributed by atoms with van der Waals surface area (Å²) in [5, 5.41) is 3.75. The number of nitrogens with zero attached hydrogens (tertiary/aromatic N) is 1. The van der Waals surface area contributed by atoms with Crippen molar-refractivity contribution in [1.29, 1.82) is 0 Å². The SMILES string of the molecule is Cc1ccc(C)c(C(=O)NCC(c2ccccc2Cl)N(C)C)c1. The predicted octanol–water partition coefficient (Wildman–Crippen LogP) is 3.99. The molecular weight excluding hydrogens is 308 g/mol. The van der Waals surface area contributed by atoms with Gasteiger partial charge in [-0.2, -0.15) is 0 Å². The maximum Gasteiger partial charge on any atom is 0.251 e. The summed E-state index contributed by atoms with van der Waals surface area (Å²) < 4.78 is 0. The minimum absolute atomic E-state index is 0.0257. The minimum Gasteiger partial charge on any atom is -0.350 e. The van der Waals surface area contributed by atoms with Gasteiger partial charge in [0, 0.05) is 17.1 Å². The van der Waals surface area contributed by atoms with Gasteiger partial charge in [-0.25, -0.2) is 0 Å². The summed E-state index contributed by atoms with van der Waals surface area (Å²) >= 11 is 6.30. The summed E-state index contributed by atoms with van der Waals surface area (Å²) in [5.74, 6) is -0.0508. The van der Waals surface area contributed by atoms with Crippen LogP contribution in [0.5, 0.6) is 0 Å². The summed E-state index contributed by atoms with van der Waals surface area (Å²) in [6, 6.07) is 13.7. The van der Waals surface area contributed by atoms with Crippen LogP contribution in [0.25, 0.3) is 0 Å². The van der Waals surface area contributed by atoms with Crippen molar-refractivity contribution < 1.29 is 4.79 Å². The van der Waals surface area contributed by atoms with E-state index < -0.39 is 0 Å². The number of hydrogen-bond acceptors (Lipinski definition) is 2. The van der Waals surface area contributed by atoms with Gasteiger partial charge in [0.05, 0.1) is 6.04 Å². The van der Waals surface area contributed by atoms with Gasteiger partial charge in [0.1, 0.15) is 0 Å². The van der Waals surface area contributed by atoms with E-state index in [4.69, 9.17) is 11.6 Å². The van der Waals surface area contributed by atoms with Crippen molar-refractivity contribution in [3.8, 4) is 0 Å². The van der Waals surface area contributed by atoms with Crippen LogP contribution in [-0.2, 0) is 0 Å². The van der Waals surface area contributed by atoms with Gasteiger partial charge in [0.15, 0.2) is 0 Å². The largest absolute Gasteiger partial charge is 0.350 e. The molecule has 1 atom stereocenters. The number of carbonyl (C=O) groups is 1. The molecule has 0 heterocycles. The number of aryl methyl sites for hydroxylation is 2. The van der Waals surface area contributed by atoms with Gasteiger partial charge in [0.2, 0.25) is 0 Å². The Morgan fingerprint density at radius 1 is 1.17 bits per heavy atom. The van der Waals surface area contributed by atoms with Crippen LogP contribution in [-0.4, -0.2) is 31.4 Å². The second-order valence-electron chi connectivity index (χ2n) is 6.03. The Balaban J connectivity index is 2.15. The molecule has 0 saturated heterocycles. The molecule has 0 aliphatic rings. The van der Waals surface area contributed by atoms with Crippen LogP contribution in [0.1, 0.15) is 33.1 Å². The molecule has 1 N–H and O–H groups in total. The Morgan fingerprint density at radius 3 is 2.52 bits per heavy atom. The van der Waals surface area contributed by atoms with Crippen molar-refractivity contribution in [2.24, 2.45) is 0 Å². The van der Waals surface area contributed by atoms with Crippen LogP contribution in [0.2, 0.25) is 5.02 Å². The summed E-state index contributed by atoms with van der Waals surface area (Å²) in [6.07, 6.45) is 0. The molecule has 0 aromatic heterocycles. The Bertz CT molecular complexity index is 698. The van der Waals surface area contributed by atoms with E-state index in [1.807, 2.05) is 70.4 Å². The zero-order valence-electron chi connectivity index (χ0n) is 14.1. The van der Waals surface area contributed by atoms with Crippen LogP contribution >= 0.6 is 11.6 Å². The maximum atomic E-state index is 12.5. The molecule has 23 heavy (non-hydrogen) atoms. The molecule has 0 aliphatic carbocycles. The average Bonchev–Trinajstić information content (AvgIpc) is 2.51. The molecule has 2 aromatic carbocycles. The number of hydrogen-bond donors (Lipinski definition) is 1. The van der Waals surface area contributed by atoms with Crippen molar-refractivity contribution in [3.63, 3.8) is 0 Å². The van der Waals surface area contributed by atoms with Gasteiger partial charge in [-0.05, 0) is 51.2 Å². The highest BCUT2D eigenvalue weighted by molar-refractivity contribution is 6.31. The lowest BCUT2D eigenvalue weighted by atomic mass is 10.0. The molecule has 0 aliphatic heterocycles. The zero-order valence-corrected chi connectivity index (χ0v) is 14.8. The summed E-state index contributed by atoms with van der Waals surface area (Å²) in [7, 11) is 3.97. The maximum absolute atomic E-state index is 12.5. The van der Waals surface area contributed by atoms with Crippen molar-refractivity contribution in [2.45, 2.75) is 19.9 Å². The van der Waals surface area contributed by atoms with Crippen LogP contribution in [0, 0.1) is 13.8 Å². The average molecular weight is 331 g/mol. The smallest absolute Gasteiger partial charge is 0.251 e. The molecule has 0 radical (unpaired) electrons. The molecule has 2 aromatic rings. The third kappa shape index (κ3) is 4.34. The topological polar surface area (TPSA) is 32.3 Å². The molecular formula is C19H23ClN2O. The fourth-order valence-corrected chi connectivity index (χ4v) is 2.84. The van der Waals surface area contributed by atoms with Crippen LogP contribution in [0.3, 0.4) is 0 Å². The van der Waals surface area contributed by atoms with E-state index in [2.05, 4.69) is 10.2 Å². The lowest BCUT2D eigenvalue weighted by molar-refractivity contribution is 0.0941.